The van der Waals surface area contributed by atoms with Crippen LogP contribution in [-0.4, -0.2) is 30.4 Å². The highest BCUT2D eigenvalue weighted by Gasteiger charge is 2.41. The maximum atomic E-state index is 11.9. The van der Waals surface area contributed by atoms with Crippen molar-refractivity contribution in [2.24, 2.45) is 23.5 Å². The van der Waals surface area contributed by atoms with Crippen LogP contribution in [0.4, 0.5) is 0 Å². The molecule has 0 radical (unpaired) electrons. The Morgan fingerprint density at radius 1 is 1.43 bits per heavy atom. The molecule has 1 aliphatic heterocycles. The molecule has 1 amide bonds. The third-order valence-corrected chi connectivity index (χ3v) is 3.69. The highest BCUT2D eigenvalue weighted by Crippen LogP contribution is 2.39. The van der Waals surface area contributed by atoms with Crippen molar-refractivity contribution in [2.75, 3.05) is 19.6 Å². The number of nitrogens with zero attached hydrogens (tertiary/aromatic N) is 1. The number of piperidine rings is 1. The third-order valence-electron chi connectivity index (χ3n) is 3.69. The molecule has 3 heteroatoms. The number of carbonyl (C=O) groups is 1. The summed E-state index contributed by atoms with van der Waals surface area (Å²) >= 11 is 0. The van der Waals surface area contributed by atoms with E-state index in [2.05, 4.69) is 6.92 Å². The van der Waals surface area contributed by atoms with Crippen LogP contribution in [0, 0.1) is 17.8 Å². The molecule has 0 bridgehead atoms. The Bertz CT molecular complexity index is 221. The average molecular weight is 196 g/mol. The van der Waals surface area contributed by atoms with E-state index in [4.69, 9.17) is 5.73 Å². The minimum atomic E-state index is 0.351. The zero-order valence-corrected chi connectivity index (χ0v) is 8.91. The largest absolute Gasteiger partial charge is 0.342 e. The van der Waals surface area contributed by atoms with Crippen LogP contribution in [0.1, 0.15) is 26.2 Å². The van der Waals surface area contributed by atoms with Gasteiger partial charge in [-0.3, -0.25) is 4.79 Å². The summed E-state index contributed by atoms with van der Waals surface area (Å²) in [5.74, 6) is 2.03. The van der Waals surface area contributed by atoms with Crippen LogP contribution in [-0.2, 0) is 4.79 Å². The lowest BCUT2D eigenvalue weighted by Crippen LogP contribution is -2.41. The first-order chi connectivity index (χ1) is 6.72. The van der Waals surface area contributed by atoms with E-state index in [-0.39, 0.29) is 0 Å². The summed E-state index contributed by atoms with van der Waals surface area (Å²) < 4.78 is 0. The van der Waals surface area contributed by atoms with Gasteiger partial charge in [-0.25, -0.2) is 0 Å². The summed E-state index contributed by atoms with van der Waals surface area (Å²) in [6, 6.07) is 0. The van der Waals surface area contributed by atoms with E-state index >= 15 is 0 Å². The predicted molar refractivity (Wildman–Crippen MR) is 55.6 cm³/mol. The lowest BCUT2D eigenvalue weighted by Gasteiger charge is -2.31. The van der Waals surface area contributed by atoms with Gasteiger partial charge in [-0.15, -0.1) is 0 Å². The minimum absolute atomic E-state index is 0.351. The van der Waals surface area contributed by atoms with Gasteiger partial charge >= 0.3 is 0 Å². The van der Waals surface area contributed by atoms with E-state index in [1.54, 1.807) is 0 Å². The Balaban J connectivity index is 1.80. The fourth-order valence-electron chi connectivity index (χ4n) is 2.29. The maximum absolute atomic E-state index is 11.9. The molecule has 0 spiro atoms. The van der Waals surface area contributed by atoms with Crippen molar-refractivity contribution < 1.29 is 4.79 Å². The maximum Gasteiger partial charge on any atom is 0.225 e. The van der Waals surface area contributed by atoms with Crippen LogP contribution in [0.15, 0.2) is 0 Å². The molecule has 1 heterocycles. The Morgan fingerprint density at radius 2 is 2.00 bits per heavy atom. The van der Waals surface area contributed by atoms with Gasteiger partial charge in [0.05, 0.1) is 0 Å². The Hall–Kier alpha value is -0.570. The Kier molecular flexibility index (Phi) is 2.77. The van der Waals surface area contributed by atoms with Gasteiger partial charge in [-0.05, 0) is 37.6 Å². The molecular weight excluding hydrogens is 176 g/mol. The van der Waals surface area contributed by atoms with E-state index in [0.717, 1.165) is 38.9 Å². The number of nitrogens with two attached hydrogens (primary N) is 1. The topological polar surface area (TPSA) is 46.3 Å². The summed E-state index contributed by atoms with van der Waals surface area (Å²) in [5.41, 5.74) is 5.62. The molecule has 0 aromatic carbocycles. The Labute approximate surface area is 85.6 Å². The fraction of sp³-hybridized carbons (Fsp3) is 0.909. The number of carbonyl (C=O) groups excluding carboxylic acids is 1. The van der Waals surface area contributed by atoms with Crippen LogP contribution < -0.4 is 5.73 Å². The Morgan fingerprint density at radius 3 is 2.43 bits per heavy atom. The van der Waals surface area contributed by atoms with E-state index in [1.807, 2.05) is 4.90 Å². The van der Waals surface area contributed by atoms with Crippen LogP contribution in [0.5, 0.6) is 0 Å². The molecule has 2 aliphatic rings. The molecular formula is C11H20N2O. The summed E-state index contributed by atoms with van der Waals surface area (Å²) in [5, 5.41) is 0. The zero-order chi connectivity index (χ0) is 10.1. The molecule has 2 fully saturated rings. The molecule has 80 valence electrons. The molecule has 2 rings (SSSR count). The lowest BCUT2D eigenvalue weighted by molar-refractivity contribution is -0.134. The van der Waals surface area contributed by atoms with Crippen molar-refractivity contribution in [1.82, 2.24) is 4.90 Å². The molecule has 14 heavy (non-hydrogen) atoms. The SMILES string of the molecule is CC1CC1C(=O)N1CCC(CN)CC1. The molecule has 2 N–H and O–H groups in total. The van der Waals surface area contributed by atoms with Crippen LogP contribution in [0.25, 0.3) is 0 Å². The van der Waals surface area contributed by atoms with Gasteiger partial charge in [0, 0.05) is 19.0 Å². The summed E-state index contributed by atoms with van der Waals surface area (Å²) in [7, 11) is 0. The van der Waals surface area contributed by atoms with Crippen molar-refractivity contribution in [2.45, 2.75) is 26.2 Å². The second-order valence-electron chi connectivity index (χ2n) is 4.82. The molecule has 2 atom stereocenters. The highest BCUT2D eigenvalue weighted by atomic mass is 16.2. The predicted octanol–water partition coefficient (Wildman–Crippen LogP) is 0.840. The molecule has 0 aromatic rings. The van der Waals surface area contributed by atoms with E-state index < -0.39 is 0 Å². The first-order valence-electron chi connectivity index (χ1n) is 5.71. The van der Waals surface area contributed by atoms with E-state index in [0.29, 0.717) is 23.7 Å². The molecule has 2 unspecified atom stereocenters. The number of hydrogen-bond acceptors (Lipinski definition) is 2. The van der Waals surface area contributed by atoms with Gasteiger partial charge in [-0.1, -0.05) is 6.92 Å². The van der Waals surface area contributed by atoms with E-state index in [1.165, 1.54) is 0 Å². The lowest BCUT2D eigenvalue weighted by atomic mass is 9.97. The van der Waals surface area contributed by atoms with Crippen molar-refractivity contribution >= 4 is 5.91 Å². The van der Waals surface area contributed by atoms with Crippen LogP contribution in [0.3, 0.4) is 0 Å². The number of rotatable bonds is 2. The summed E-state index contributed by atoms with van der Waals surface area (Å²) in [4.78, 5) is 13.9. The van der Waals surface area contributed by atoms with Gasteiger partial charge in [0.1, 0.15) is 0 Å². The smallest absolute Gasteiger partial charge is 0.225 e. The average Bonchev–Trinajstić information content (AvgIpc) is 2.95. The first kappa shape index (κ1) is 9.97. The van der Waals surface area contributed by atoms with Gasteiger partial charge in [0.15, 0.2) is 0 Å². The van der Waals surface area contributed by atoms with Crippen molar-refractivity contribution in [3.8, 4) is 0 Å². The van der Waals surface area contributed by atoms with Gasteiger partial charge < -0.3 is 10.6 Å². The monoisotopic (exact) mass is 196 g/mol. The fourth-order valence-corrected chi connectivity index (χ4v) is 2.29. The highest BCUT2D eigenvalue weighted by molar-refractivity contribution is 5.81. The van der Waals surface area contributed by atoms with Crippen LogP contribution >= 0.6 is 0 Å². The van der Waals surface area contributed by atoms with Crippen LogP contribution in [0.2, 0.25) is 0 Å². The second kappa shape index (κ2) is 3.89. The second-order valence-corrected chi connectivity index (χ2v) is 4.82. The molecule has 1 aliphatic carbocycles. The molecule has 1 saturated heterocycles. The minimum Gasteiger partial charge on any atom is -0.342 e. The molecule has 3 nitrogen and oxygen atoms in total. The zero-order valence-electron chi connectivity index (χ0n) is 8.91. The third kappa shape index (κ3) is 1.92. The first-order valence-corrected chi connectivity index (χ1v) is 5.71. The number of amides is 1. The van der Waals surface area contributed by atoms with Crippen molar-refractivity contribution in [3.05, 3.63) is 0 Å². The molecule has 1 saturated carbocycles. The van der Waals surface area contributed by atoms with Crippen molar-refractivity contribution in [1.29, 1.82) is 0 Å². The van der Waals surface area contributed by atoms with Gasteiger partial charge in [-0.2, -0.15) is 0 Å². The van der Waals surface area contributed by atoms with Gasteiger partial charge in [0.25, 0.3) is 0 Å². The normalized spacial score (nSPS) is 33.1. The number of likely N-dealkylation sites (tertiary alicyclic amines) is 1. The number of hydrogen-bond donors (Lipinski definition) is 1. The quantitative estimate of drug-likeness (QED) is 0.711. The van der Waals surface area contributed by atoms with Gasteiger partial charge in [0.2, 0.25) is 5.91 Å². The van der Waals surface area contributed by atoms with Crippen molar-refractivity contribution in [3.63, 3.8) is 0 Å². The summed E-state index contributed by atoms with van der Waals surface area (Å²) in [6.07, 6.45) is 3.31. The summed E-state index contributed by atoms with van der Waals surface area (Å²) in [6.45, 7) is 4.81. The van der Waals surface area contributed by atoms with E-state index in [9.17, 15) is 4.79 Å². The standard InChI is InChI=1S/C11H20N2O/c1-8-6-10(8)11(14)13-4-2-9(7-12)3-5-13/h8-10H,2-7,12H2,1H3. The molecule has 0 aromatic heterocycles.